The van der Waals surface area contributed by atoms with Crippen molar-refractivity contribution in [3.05, 3.63) is 78.9 Å². The number of amides is 1. The van der Waals surface area contributed by atoms with Crippen LogP contribution < -0.4 is 20.7 Å². The summed E-state index contributed by atoms with van der Waals surface area (Å²) in [7, 11) is 1.62. The maximum Gasteiger partial charge on any atom is 0.234 e. The van der Waals surface area contributed by atoms with Crippen molar-refractivity contribution in [2.45, 2.75) is 4.90 Å². The Morgan fingerprint density at radius 3 is 2.41 bits per heavy atom. The zero-order valence-corrected chi connectivity index (χ0v) is 17.5. The van der Waals surface area contributed by atoms with Crippen LogP contribution in [-0.4, -0.2) is 23.9 Å². The van der Waals surface area contributed by atoms with Crippen LogP contribution in [0.15, 0.2) is 83.8 Å². The number of ether oxygens (including phenoxy) is 1. The third-order valence-corrected chi connectivity index (χ3v) is 5.07. The van der Waals surface area contributed by atoms with E-state index in [2.05, 4.69) is 16.0 Å². The van der Waals surface area contributed by atoms with E-state index in [0.29, 0.717) is 16.6 Å². The van der Waals surface area contributed by atoms with Gasteiger partial charge in [0.05, 0.1) is 18.6 Å². The number of thiocarbonyl (C=S) groups is 1. The smallest absolute Gasteiger partial charge is 0.234 e. The predicted octanol–water partition coefficient (Wildman–Crippen LogP) is 5.23. The fourth-order valence-electron chi connectivity index (χ4n) is 2.56. The number of carbonyl (C=O) groups is 1. The van der Waals surface area contributed by atoms with Crippen molar-refractivity contribution in [3.8, 4) is 5.75 Å². The van der Waals surface area contributed by atoms with E-state index in [-0.39, 0.29) is 5.91 Å². The maximum absolute atomic E-state index is 12.1. The molecule has 5 nitrogen and oxygen atoms in total. The van der Waals surface area contributed by atoms with Gasteiger partial charge in [0.15, 0.2) is 5.11 Å². The molecule has 3 aromatic rings. The SMILES string of the molecule is COc1ccccc1NC(=S)Nc1cccc(SCC(=O)Nc2ccccc2)c1. The minimum Gasteiger partial charge on any atom is -0.495 e. The Labute approximate surface area is 179 Å². The van der Waals surface area contributed by atoms with Crippen LogP contribution in [0.3, 0.4) is 0 Å². The van der Waals surface area contributed by atoms with Gasteiger partial charge in [-0.25, -0.2) is 0 Å². The number of benzene rings is 3. The highest BCUT2D eigenvalue weighted by molar-refractivity contribution is 8.00. The number of hydrogen-bond acceptors (Lipinski definition) is 4. The normalized spacial score (nSPS) is 10.1. The largest absolute Gasteiger partial charge is 0.495 e. The molecule has 3 N–H and O–H groups in total. The maximum atomic E-state index is 12.1. The number of hydrogen-bond donors (Lipinski definition) is 3. The standard InChI is InChI=1S/C22H21N3O2S2/c1-27-20-13-6-5-12-19(20)25-22(28)24-17-10-7-11-18(14-17)29-15-21(26)23-16-8-3-2-4-9-16/h2-14H,15H2,1H3,(H,23,26)(H2,24,25,28). The zero-order valence-electron chi connectivity index (χ0n) is 15.8. The molecule has 0 aromatic heterocycles. The summed E-state index contributed by atoms with van der Waals surface area (Å²) in [5.74, 6) is 0.987. The first-order chi connectivity index (χ1) is 14.1. The van der Waals surface area contributed by atoms with Gasteiger partial charge in [0, 0.05) is 16.3 Å². The number of thioether (sulfide) groups is 1. The Bertz CT molecular complexity index is 981. The number of nitrogens with one attached hydrogen (secondary N) is 3. The van der Waals surface area contributed by atoms with Gasteiger partial charge in [-0.15, -0.1) is 11.8 Å². The highest BCUT2D eigenvalue weighted by Gasteiger charge is 2.06. The summed E-state index contributed by atoms with van der Waals surface area (Å²) in [5.41, 5.74) is 2.42. The molecule has 0 aliphatic carbocycles. The second kappa shape index (κ2) is 10.5. The second-order valence-corrected chi connectivity index (χ2v) is 7.47. The first-order valence-electron chi connectivity index (χ1n) is 8.93. The molecule has 0 fully saturated rings. The van der Waals surface area contributed by atoms with Crippen LogP contribution in [0.5, 0.6) is 5.75 Å². The summed E-state index contributed by atoms with van der Waals surface area (Å²) in [5, 5.41) is 9.63. The van der Waals surface area contributed by atoms with Gasteiger partial charge in [-0.2, -0.15) is 0 Å². The minimum absolute atomic E-state index is 0.0482. The van der Waals surface area contributed by atoms with Gasteiger partial charge in [-0.3, -0.25) is 4.79 Å². The lowest BCUT2D eigenvalue weighted by molar-refractivity contribution is -0.113. The summed E-state index contributed by atoms with van der Waals surface area (Å²) in [6.07, 6.45) is 0. The van der Waals surface area contributed by atoms with Crippen molar-refractivity contribution in [3.63, 3.8) is 0 Å². The number of para-hydroxylation sites is 3. The fourth-order valence-corrected chi connectivity index (χ4v) is 3.55. The minimum atomic E-state index is -0.0482. The molecule has 0 aliphatic heterocycles. The molecule has 0 bridgehead atoms. The number of methoxy groups -OCH3 is 1. The Kier molecular flexibility index (Phi) is 7.49. The molecule has 3 rings (SSSR count). The molecule has 148 valence electrons. The average molecular weight is 424 g/mol. The van der Waals surface area contributed by atoms with E-state index in [4.69, 9.17) is 17.0 Å². The molecule has 0 unspecified atom stereocenters. The predicted molar refractivity (Wildman–Crippen MR) is 125 cm³/mol. The van der Waals surface area contributed by atoms with Crippen LogP contribution in [0.25, 0.3) is 0 Å². The first-order valence-corrected chi connectivity index (χ1v) is 10.3. The van der Waals surface area contributed by atoms with Crippen molar-refractivity contribution >= 4 is 52.1 Å². The van der Waals surface area contributed by atoms with Crippen LogP contribution in [0.1, 0.15) is 0 Å². The van der Waals surface area contributed by atoms with Gasteiger partial charge in [0.1, 0.15) is 5.75 Å². The van der Waals surface area contributed by atoms with Gasteiger partial charge in [-0.05, 0) is 54.7 Å². The lowest BCUT2D eigenvalue weighted by Gasteiger charge is -2.13. The Hall–Kier alpha value is -3.03. The van der Waals surface area contributed by atoms with E-state index < -0.39 is 0 Å². The van der Waals surface area contributed by atoms with Crippen molar-refractivity contribution in [1.82, 2.24) is 0 Å². The first kappa shape index (κ1) is 20.7. The monoisotopic (exact) mass is 423 g/mol. The van der Waals surface area contributed by atoms with Crippen LogP contribution in [0, 0.1) is 0 Å². The molecule has 0 aliphatic rings. The molecule has 3 aromatic carbocycles. The van der Waals surface area contributed by atoms with Gasteiger partial charge in [-0.1, -0.05) is 36.4 Å². The average Bonchev–Trinajstić information content (AvgIpc) is 2.73. The Morgan fingerprint density at radius 1 is 0.897 bits per heavy atom. The summed E-state index contributed by atoms with van der Waals surface area (Å²) in [4.78, 5) is 13.1. The van der Waals surface area contributed by atoms with Crippen molar-refractivity contribution in [2.75, 3.05) is 28.8 Å². The summed E-state index contributed by atoms with van der Waals surface area (Å²) < 4.78 is 5.32. The zero-order chi connectivity index (χ0) is 20.5. The van der Waals surface area contributed by atoms with Crippen molar-refractivity contribution in [2.24, 2.45) is 0 Å². The lowest BCUT2D eigenvalue weighted by atomic mass is 10.3. The molecule has 7 heteroatoms. The molecule has 0 spiro atoms. The molecule has 0 atom stereocenters. The molecule has 0 radical (unpaired) electrons. The third kappa shape index (κ3) is 6.51. The van der Waals surface area contributed by atoms with E-state index >= 15 is 0 Å². The van der Waals surface area contributed by atoms with Crippen molar-refractivity contribution < 1.29 is 9.53 Å². The van der Waals surface area contributed by atoms with Gasteiger partial charge < -0.3 is 20.7 Å². The van der Waals surface area contributed by atoms with Gasteiger partial charge >= 0.3 is 0 Å². The van der Waals surface area contributed by atoms with Crippen LogP contribution in [0.4, 0.5) is 17.1 Å². The quantitative estimate of drug-likeness (QED) is 0.357. The Balaban J connectivity index is 1.53. The highest BCUT2D eigenvalue weighted by Crippen LogP contribution is 2.24. The molecule has 0 saturated heterocycles. The second-order valence-electron chi connectivity index (χ2n) is 6.01. The van der Waals surface area contributed by atoms with E-state index in [1.807, 2.05) is 78.9 Å². The number of carbonyl (C=O) groups excluding carboxylic acids is 1. The molecular weight excluding hydrogens is 402 g/mol. The van der Waals surface area contributed by atoms with E-state index in [1.165, 1.54) is 11.8 Å². The van der Waals surface area contributed by atoms with E-state index in [9.17, 15) is 4.79 Å². The summed E-state index contributed by atoms with van der Waals surface area (Å²) in [6, 6.07) is 24.7. The Morgan fingerprint density at radius 2 is 1.62 bits per heavy atom. The molecular formula is C22H21N3O2S2. The number of rotatable bonds is 7. The van der Waals surface area contributed by atoms with E-state index in [1.54, 1.807) is 7.11 Å². The molecule has 1 amide bonds. The number of anilines is 3. The summed E-state index contributed by atoms with van der Waals surface area (Å²) in [6.45, 7) is 0. The van der Waals surface area contributed by atoms with Crippen LogP contribution in [0.2, 0.25) is 0 Å². The molecule has 0 heterocycles. The third-order valence-electron chi connectivity index (χ3n) is 3.87. The summed E-state index contributed by atoms with van der Waals surface area (Å²) >= 11 is 6.86. The van der Waals surface area contributed by atoms with E-state index in [0.717, 1.165) is 22.0 Å². The lowest BCUT2D eigenvalue weighted by Crippen LogP contribution is -2.19. The topological polar surface area (TPSA) is 62.4 Å². The van der Waals surface area contributed by atoms with Crippen LogP contribution in [-0.2, 0) is 4.79 Å². The van der Waals surface area contributed by atoms with Gasteiger partial charge in [0.25, 0.3) is 0 Å². The fraction of sp³-hybridized carbons (Fsp3) is 0.0909. The van der Waals surface area contributed by atoms with Gasteiger partial charge in [0.2, 0.25) is 5.91 Å². The van der Waals surface area contributed by atoms with Crippen molar-refractivity contribution in [1.29, 1.82) is 0 Å². The highest BCUT2D eigenvalue weighted by atomic mass is 32.2. The molecule has 0 saturated carbocycles. The van der Waals surface area contributed by atoms with Crippen LogP contribution >= 0.6 is 24.0 Å². The molecule has 29 heavy (non-hydrogen) atoms.